The first-order chi connectivity index (χ1) is 7.19. The van der Waals surface area contributed by atoms with Gasteiger partial charge in [-0.2, -0.15) is 11.8 Å². The number of hydrogen-bond donors (Lipinski definition) is 2. The van der Waals surface area contributed by atoms with Crippen molar-refractivity contribution in [1.82, 2.24) is 4.98 Å². The van der Waals surface area contributed by atoms with Crippen LogP contribution in [0.4, 0.5) is 5.69 Å². The van der Waals surface area contributed by atoms with Crippen molar-refractivity contribution in [2.24, 2.45) is 0 Å². The molecule has 0 aromatic carbocycles. The first-order valence-corrected chi connectivity index (χ1v) is 6.35. The van der Waals surface area contributed by atoms with Crippen molar-refractivity contribution in [3.05, 3.63) is 23.5 Å². The highest BCUT2D eigenvalue weighted by molar-refractivity contribution is 7.99. The second kappa shape index (κ2) is 6.20. The molecule has 1 rings (SSSR count). The van der Waals surface area contributed by atoms with Crippen molar-refractivity contribution < 1.29 is 5.11 Å². The third-order valence-corrected chi connectivity index (χ3v) is 3.66. The van der Waals surface area contributed by atoms with E-state index in [4.69, 9.17) is 16.7 Å². The minimum Gasteiger partial charge on any atom is -0.395 e. The van der Waals surface area contributed by atoms with E-state index in [0.29, 0.717) is 5.02 Å². The Bertz CT molecular complexity index is 307. The van der Waals surface area contributed by atoms with E-state index < -0.39 is 0 Å². The number of aliphatic hydroxyl groups is 1. The molecular weight excluding hydrogens is 232 g/mol. The number of nitrogens with zero attached hydrogens (tertiary/aromatic N) is 1. The van der Waals surface area contributed by atoms with Crippen LogP contribution in [-0.4, -0.2) is 34.2 Å². The van der Waals surface area contributed by atoms with Gasteiger partial charge in [-0.25, -0.2) is 0 Å². The number of aromatic nitrogens is 1. The van der Waals surface area contributed by atoms with Crippen molar-refractivity contribution in [3.63, 3.8) is 0 Å². The van der Waals surface area contributed by atoms with Gasteiger partial charge in [0.1, 0.15) is 0 Å². The number of anilines is 1. The lowest BCUT2D eigenvalue weighted by Gasteiger charge is -2.22. The first kappa shape index (κ1) is 12.6. The fraction of sp³-hybridized carbons (Fsp3) is 0.500. The number of halogens is 1. The van der Waals surface area contributed by atoms with Crippen molar-refractivity contribution >= 4 is 29.1 Å². The summed E-state index contributed by atoms with van der Waals surface area (Å²) >= 11 is 7.60. The second-order valence-corrected chi connectivity index (χ2v) is 4.73. The Hall–Kier alpha value is -0.450. The van der Waals surface area contributed by atoms with Crippen LogP contribution in [0, 0.1) is 0 Å². The third kappa shape index (κ3) is 3.55. The van der Waals surface area contributed by atoms with Gasteiger partial charge in [0.25, 0.3) is 0 Å². The van der Waals surface area contributed by atoms with E-state index in [0.717, 1.165) is 5.69 Å². The van der Waals surface area contributed by atoms with Gasteiger partial charge in [0, 0.05) is 23.7 Å². The predicted molar refractivity (Wildman–Crippen MR) is 66.7 cm³/mol. The van der Waals surface area contributed by atoms with Gasteiger partial charge in [-0.3, -0.25) is 4.98 Å². The molecule has 15 heavy (non-hydrogen) atoms. The summed E-state index contributed by atoms with van der Waals surface area (Å²) < 4.78 is 0. The lowest BCUT2D eigenvalue weighted by molar-refractivity contribution is 0.288. The summed E-state index contributed by atoms with van der Waals surface area (Å²) in [6.45, 7) is 2.17. The fourth-order valence-electron chi connectivity index (χ4n) is 1.27. The average molecular weight is 247 g/mol. The Kier molecular flexibility index (Phi) is 5.22. The first-order valence-electron chi connectivity index (χ1n) is 4.68. The van der Waals surface area contributed by atoms with Crippen molar-refractivity contribution in [1.29, 1.82) is 0 Å². The van der Waals surface area contributed by atoms with Gasteiger partial charge in [0.15, 0.2) is 0 Å². The standard InChI is InChI=1S/C10H15ClN2OS/c1-7(10(6-14)15-2)13-9-3-4-12-5-8(9)11/h3-5,7,10,14H,6H2,1-2H3,(H,12,13). The summed E-state index contributed by atoms with van der Waals surface area (Å²) in [4.78, 5) is 3.91. The van der Waals surface area contributed by atoms with Crippen LogP contribution in [0.5, 0.6) is 0 Å². The van der Waals surface area contributed by atoms with Gasteiger partial charge in [0.2, 0.25) is 0 Å². The molecule has 0 radical (unpaired) electrons. The van der Waals surface area contributed by atoms with E-state index in [-0.39, 0.29) is 17.9 Å². The summed E-state index contributed by atoms with van der Waals surface area (Å²) in [7, 11) is 0. The summed E-state index contributed by atoms with van der Waals surface area (Å²) in [5.41, 5.74) is 0.853. The van der Waals surface area contributed by atoms with Gasteiger partial charge >= 0.3 is 0 Å². The van der Waals surface area contributed by atoms with E-state index in [2.05, 4.69) is 10.3 Å². The summed E-state index contributed by atoms with van der Waals surface area (Å²) in [5, 5.41) is 13.2. The molecule has 1 heterocycles. The Morgan fingerprint density at radius 3 is 2.93 bits per heavy atom. The Morgan fingerprint density at radius 2 is 2.40 bits per heavy atom. The van der Waals surface area contributed by atoms with Crippen LogP contribution in [-0.2, 0) is 0 Å². The number of nitrogens with one attached hydrogen (secondary N) is 1. The number of rotatable bonds is 5. The molecule has 0 spiro atoms. The van der Waals surface area contributed by atoms with Gasteiger partial charge in [-0.1, -0.05) is 11.6 Å². The molecule has 2 atom stereocenters. The SMILES string of the molecule is CSC(CO)C(C)Nc1ccncc1Cl. The van der Waals surface area contributed by atoms with Crippen molar-refractivity contribution in [2.75, 3.05) is 18.2 Å². The molecule has 2 N–H and O–H groups in total. The highest BCUT2D eigenvalue weighted by Crippen LogP contribution is 2.22. The van der Waals surface area contributed by atoms with Crippen LogP contribution in [0.3, 0.4) is 0 Å². The van der Waals surface area contributed by atoms with Crippen LogP contribution in [0.25, 0.3) is 0 Å². The summed E-state index contributed by atoms with van der Waals surface area (Å²) in [6, 6.07) is 1.98. The Balaban J connectivity index is 2.65. The molecule has 1 aromatic heterocycles. The minimum absolute atomic E-state index is 0.151. The van der Waals surface area contributed by atoms with Gasteiger partial charge in [0.05, 0.1) is 17.3 Å². The Labute approximate surface area is 99.2 Å². The van der Waals surface area contributed by atoms with Crippen LogP contribution in [0.2, 0.25) is 5.02 Å². The predicted octanol–water partition coefficient (Wildman–Crippen LogP) is 2.26. The summed E-state index contributed by atoms with van der Waals surface area (Å²) in [5.74, 6) is 0. The van der Waals surface area contributed by atoms with E-state index in [1.807, 2.05) is 19.2 Å². The summed E-state index contributed by atoms with van der Waals surface area (Å²) in [6.07, 6.45) is 5.27. The molecule has 0 aliphatic rings. The molecule has 3 nitrogen and oxygen atoms in total. The average Bonchev–Trinajstić information content (AvgIpc) is 2.23. The normalized spacial score (nSPS) is 14.7. The fourth-order valence-corrected chi connectivity index (χ4v) is 2.07. The second-order valence-electron chi connectivity index (χ2n) is 3.25. The van der Waals surface area contributed by atoms with Crippen LogP contribution >= 0.6 is 23.4 Å². The van der Waals surface area contributed by atoms with Crippen molar-refractivity contribution in [3.8, 4) is 0 Å². The zero-order valence-electron chi connectivity index (χ0n) is 8.77. The number of pyridine rings is 1. The molecule has 84 valence electrons. The molecule has 0 aliphatic carbocycles. The van der Waals surface area contributed by atoms with Crippen LogP contribution in [0.15, 0.2) is 18.5 Å². The molecular formula is C10H15ClN2OS. The van der Waals surface area contributed by atoms with Gasteiger partial charge < -0.3 is 10.4 Å². The lowest BCUT2D eigenvalue weighted by Crippen LogP contribution is -2.31. The molecule has 0 amide bonds. The van der Waals surface area contributed by atoms with E-state index >= 15 is 0 Å². The lowest BCUT2D eigenvalue weighted by atomic mass is 10.2. The van der Waals surface area contributed by atoms with Gasteiger partial charge in [-0.15, -0.1) is 0 Å². The topological polar surface area (TPSA) is 45.1 Å². The molecule has 5 heteroatoms. The highest BCUT2D eigenvalue weighted by atomic mass is 35.5. The maximum Gasteiger partial charge on any atom is 0.0820 e. The molecule has 0 aliphatic heterocycles. The van der Waals surface area contributed by atoms with Crippen LogP contribution in [0.1, 0.15) is 6.92 Å². The van der Waals surface area contributed by atoms with E-state index in [9.17, 15) is 0 Å². The Morgan fingerprint density at radius 1 is 1.67 bits per heavy atom. The molecule has 0 fully saturated rings. The van der Waals surface area contributed by atoms with Gasteiger partial charge in [-0.05, 0) is 19.2 Å². The monoisotopic (exact) mass is 246 g/mol. The molecule has 0 saturated heterocycles. The molecule has 0 saturated carbocycles. The smallest absolute Gasteiger partial charge is 0.0820 e. The quantitative estimate of drug-likeness (QED) is 0.837. The zero-order chi connectivity index (χ0) is 11.3. The van der Waals surface area contributed by atoms with Crippen LogP contribution < -0.4 is 5.32 Å². The van der Waals surface area contributed by atoms with E-state index in [1.54, 1.807) is 24.2 Å². The maximum absolute atomic E-state index is 9.14. The number of aliphatic hydroxyl groups excluding tert-OH is 1. The third-order valence-electron chi connectivity index (χ3n) is 2.20. The molecule has 2 unspecified atom stereocenters. The molecule has 0 bridgehead atoms. The maximum atomic E-state index is 9.14. The number of thioether (sulfide) groups is 1. The molecule has 1 aromatic rings. The largest absolute Gasteiger partial charge is 0.395 e. The van der Waals surface area contributed by atoms with Crippen molar-refractivity contribution in [2.45, 2.75) is 18.2 Å². The highest BCUT2D eigenvalue weighted by Gasteiger charge is 2.15. The minimum atomic E-state index is 0.151. The van der Waals surface area contributed by atoms with E-state index in [1.165, 1.54) is 0 Å². The number of hydrogen-bond acceptors (Lipinski definition) is 4. The zero-order valence-corrected chi connectivity index (χ0v) is 10.3.